The van der Waals surface area contributed by atoms with Gasteiger partial charge >= 0.3 is 0 Å². The van der Waals surface area contributed by atoms with E-state index < -0.39 is 5.91 Å². The number of hydrogen-bond donors (Lipinski definition) is 2. The number of nitrogens with zero attached hydrogens (tertiary/aromatic N) is 1. The van der Waals surface area contributed by atoms with Crippen LogP contribution in [0.5, 0.6) is 0 Å². The molecule has 1 aromatic carbocycles. The molecule has 0 fully saturated rings. The van der Waals surface area contributed by atoms with Crippen LogP contribution in [0.4, 0.5) is 0 Å². The highest BCUT2D eigenvalue weighted by Crippen LogP contribution is 2.11. The minimum atomic E-state index is -0.449. The van der Waals surface area contributed by atoms with Crippen LogP contribution < -0.4 is 11.5 Å². The Morgan fingerprint density at radius 2 is 1.85 bits per heavy atom. The van der Waals surface area contributed by atoms with Gasteiger partial charge in [-0.1, -0.05) is 25.5 Å². The van der Waals surface area contributed by atoms with Crippen molar-refractivity contribution in [3.05, 3.63) is 35.4 Å². The predicted molar refractivity (Wildman–Crippen MR) is 78.9 cm³/mol. The molecular formula is C15H23N3O2. The Morgan fingerprint density at radius 1 is 1.25 bits per heavy atom. The van der Waals surface area contributed by atoms with Gasteiger partial charge in [-0.05, 0) is 30.2 Å². The second-order valence-corrected chi connectivity index (χ2v) is 5.03. The molecule has 4 N–H and O–H groups in total. The van der Waals surface area contributed by atoms with E-state index in [0.29, 0.717) is 25.1 Å². The van der Waals surface area contributed by atoms with E-state index in [0.717, 1.165) is 12.0 Å². The number of rotatable bonds is 7. The summed E-state index contributed by atoms with van der Waals surface area (Å²) in [6.45, 7) is 3.08. The van der Waals surface area contributed by atoms with Gasteiger partial charge in [0.05, 0.1) is 0 Å². The third-order valence-electron chi connectivity index (χ3n) is 3.46. The quantitative estimate of drug-likeness (QED) is 0.782. The Labute approximate surface area is 119 Å². The lowest BCUT2D eigenvalue weighted by atomic mass is 10.0. The van der Waals surface area contributed by atoms with Crippen LogP contribution >= 0.6 is 0 Å². The molecule has 0 aromatic heterocycles. The minimum absolute atomic E-state index is 0.0845. The Balaban J connectivity index is 2.58. The molecule has 0 bridgehead atoms. The first-order chi connectivity index (χ1) is 9.47. The summed E-state index contributed by atoms with van der Waals surface area (Å²) in [7, 11) is 1.77. The van der Waals surface area contributed by atoms with Gasteiger partial charge in [0.2, 0.25) is 11.8 Å². The maximum atomic E-state index is 12.0. The van der Waals surface area contributed by atoms with Crippen molar-refractivity contribution in [2.45, 2.75) is 26.3 Å². The lowest BCUT2D eigenvalue weighted by Gasteiger charge is -2.20. The van der Waals surface area contributed by atoms with Gasteiger partial charge in [0.15, 0.2) is 0 Å². The minimum Gasteiger partial charge on any atom is -0.366 e. The molecule has 1 aromatic rings. The van der Waals surface area contributed by atoms with Crippen LogP contribution in [0.25, 0.3) is 0 Å². The Kier molecular flexibility index (Phi) is 6.18. The van der Waals surface area contributed by atoms with E-state index >= 15 is 0 Å². The summed E-state index contributed by atoms with van der Waals surface area (Å²) >= 11 is 0. The maximum absolute atomic E-state index is 12.0. The van der Waals surface area contributed by atoms with E-state index in [1.165, 1.54) is 0 Å². The molecule has 0 aliphatic rings. The number of hydrogen-bond acceptors (Lipinski definition) is 3. The van der Waals surface area contributed by atoms with Crippen LogP contribution in [-0.2, 0) is 11.3 Å². The molecule has 0 heterocycles. The summed E-state index contributed by atoms with van der Waals surface area (Å²) < 4.78 is 0. The van der Waals surface area contributed by atoms with Crippen molar-refractivity contribution in [1.29, 1.82) is 0 Å². The Hall–Kier alpha value is -1.88. The normalized spacial score (nSPS) is 11.9. The molecule has 110 valence electrons. The van der Waals surface area contributed by atoms with E-state index in [9.17, 15) is 9.59 Å². The third kappa shape index (κ3) is 4.66. The fraction of sp³-hybridized carbons (Fsp3) is 0.467. The smallest absolute Gasteiger partial charge is 0.248 e. The summed E-state index contributed by atoms with van der Waals surface area (Å²) in [6.07, 6.45) is 1.38. The number of nitrogens with two attached hydrogens (primary N) is 2. The standard InChI is InChI=1S/C15H23N3O2/c1-3-11(9-16)8-14(19)18(2)10-12-4-6-13(7-5-12)15(17)20/h4-7,11H,3,8-10,16H2,1-2H3,(H2,17,20). The van der Waals surface area contributed by atoms with Gasteiger partial charge in [0.25, 0.3) is 0 Å². The highest BCUT2D eigenvalue weighted by molar-refractivity contribution is 5.92. The van der Waals surface area contributed by atoms with Crippen molar-refractivity contribution in [2.75, 3.05) is 13.6 Å². The van der Waals surface area contributed by atoms with Crippen LogP contribution in [0.2, 0.25) is 0 Å². The average Bonchev–Trinajstić information content (AvgIpc) is 2.44. The van der Waals surface area contributed by atoms with Crippen LogP contribution in [0.1, 0.15) is 35.7 Å². The number of carbonyl (C=O) groups is 2. The Morgan fingerprint density at radius 3 is 2.30 bits per heavy atom. The number of benzene rings is 1. The van der Waals surface area contributed by atoms with Crippen molar-refractivity contribution in [3.63, 3.8) is 0 Å². The molecule has 1 unspecified atom stereocenters. The predicted octanol–water partition coefficient (Wildman–Crippen LogP) is 1.12. The van der Waals surface area contributed by atoms with Crippen LogP contribution in [0.3, 0.4) is 0 Å². The molecule has 5 nitrogen and oxygen atoms in total. The van der Waals surface area contributed by atoms with Crippen molar-refractivity contribution >= 4 is 11.8 Å². The number of amides is 2. The molecule has 20 heavy (non-hydrogen) atoms. The summed E-state index contributed by atoms with van der Waals surface area (Å²) in [5.41, 5.74) is 12.2. The van der Waals surface area contributed by atoms with Gasteiger partial charge in [-0.3, -0.25) is 9.59 Å². The zero-order chi connectivity index (χ0) is 15.1. The van der Waals surface area contributed by atoms with Gasteiger partial charge in [0, 0.05) is 25.6 Å². The molecule has 0 spiro atoms. The first kappa shape index (κ1) is 16.2. The van der Waals surface area contributed by atoms with Crippen molar-refractivity contribution in [3.8, 4) is 0 Å². The van der Waals surface area contributed by atoms with Gasteiger partial charge in [-0.15, -0.1) is 0 Å². The van der Waals surface area contributed by atoms with Gasteiger partial charge < -0.3 is 16.4 Å². The van der Waals surface area contributed by atoms with Crippen LogP contribution in [0, 0.1) is 5.92 Å². The summed E-state index contributed by atoms with van der Waals surface area (Å²) in [5.74, 6) is -0.127. The zero-order valence-electron chi connectivity index (χ0n) is 12.1. The average molecular weight is 277 g/mol. The van der Waals surface area contributed by atoms with E-state index in [1.54, 1.807) is 24.1 Å². The van der Waals surface area contributed by atoms with E-state index in [1.807, 2.05) is 19.1 Å². The van der Waals surface area contributed by atoms with Gasteiger partial charge in [-0.2, -0.15) is 0 Å². The largest absolute Gasteiger partial charge is 0.366 e. The zero-order valence-corrected chi connectivity index (χ0v) is 12.1. The molecule has 2 amide bonds. The highest BCUT2D eigenvalue weighted by Gasteiger charge is 2.14. The molecular weight excluding hydrogens is 254 g/mol. The molecule has 0 aliphatic carbocycles. The lowest BCUT2D eigenvalue weighted by molar-refractivity contribution is -0.131. The maximum Gasteiger partial charge on any atom is 0.248 e. The molecule has 0 saturated heterocycles. The second kappa shape index (κ2) is 7.65. The second-order valence-electron chi connectivity index (χ2n) is 5.03. The molecule has 1 atom stereocenters. The summed E-state index contributed by atoms with van der Waals surface area (Å²) in [5, 5.41) is 0. The topological polar surface area (TPSA) is 89.4 Å². The lowest BCUT2D eigenvalue weighted by Crippen LogP contribution is -2.29. The molecule has 0 radical (unpaired) electrons. The molecule has 1 rings (SSSR count). The van der Waals surface area contributed by atoms with E-state index in [-0.39, 0.29) is 11.8 Å². The molecule has 0 saturated carbocycles. The third-order valence-corrected chi connectivity index (χ3v) is 3.46. The fourth-order valence-electron chi connectivity index (χ4n) is 1.93. The van der Waals surface area contributed by atoms with Crippen LogP contribution in [0.15, 0.2) is 24.3 Å². The fourth-order valence-corrected chi connectivity index (χ4v) is 1.93. The first-order valence-corrected chi connectivity index (χ1v) is 6.80. The monoisotopic (exact) mass is 277 g/mol. The highest BCUT2D eigenvalue weighted by atomic mass is 16.2. The SMILES string of the molecule is CCC(CN)CC(=O)N(C)Cc1ccc(C(N)=O)cc1. The van der Waals surface area contributed by atoms with E-state index in [2.05, 4.69) is 0 Å². The van der Waals surface area contributed by atoms with Gasteiger partial charge in [-0.25, -0.2) is 0 Å². The first-order valence-electron chi connectivity index (χ1n) is 6.80. The molecule has 5 heteroatoms. The number of primary amides is 1. The van der Waals surface area contributed by atoms with Crippen molar-refractivity contribution < 1.29 is 9.59 Å². The summed E-state index contributed by atoms with van der Waals surface area (Å²) in [6, 6.07) is 6.96. The number of carbonyl (C=O) groups excluding carboxylic acids is 2. The van der Waals surface area contributed by atoms with Gasteiger partial charge in [0.1, 0.15) is 0 Å². The summed E-state index contributed by atoms with van der Waals surface area (Å²) in [4.78, 5) is 24.7. The van der Waals surface area contributed by atoms with Crippen molar-refractivity contribution in [2.24, 2.45) is 17.4 Å². The van der Waals surface area contributed by atoms with Crippen molar-refractivity contribution in [1.82, 2.24) is 4.90 Å². The molecule has 0 aliphatic heterocycles. The Bertz CT molecular complexity index is 453. The van der Waals surface area contributed by atoms with Crippen LogP contribution in [-0.4, -0.2) is 30.3 Å². The van der Waals surface area contributed by atoms with E-state index in [4.69, 9.17) is 11.5 Å².